The Bertz CT molecular complexity index is 3650. The van der Waals surface area contributed by atoms with Gasteiger partial charge >= 0.3 is 0 Å². The normalized spacial score (nSPS) is 12.0. The third-order valence-electron chi connectivity index (χ3n) is 12.7. The summed E-state index contributed by atoms with van der Waals surface area (Å²) in [5, 5.41) is 13.5. The van der Waals surface area contributed by atoms with Gasteiger partial charge in [-0.1, -0.05) is 170 Å². The van der Waals surface area contributed by atoms with E-state index in [0.29, 0.717) is 0 Å². The van der Waals surface area contributed by atoms with E-state index in [1.165, 1.54) is 75.9 Å². The summed E-state index contributed by atoms with van der Waals surface area (Å²) in [6.07, 6.45) is 0. The van der Waals surface area contributed by atoms with Gasteiger partial charge in [0.25, 0.3) is 0 Å². The monoisotopic (exact) mass is 761 g/mol. The third kappa shape index (κ3) is 4.75. The Kier molecular flexibility index (Phi) is 7.01. The molecule has 0 aliphatic rings. The van der Waals surface area contributed by atoms with Crippen LogP contribution in [0, 0.1) is 0 Å². The molecule has 0 aliphatic heterocycles. The Hall–Kier alpha value is -8.01. The standard InChI is InChI=1S/C57H35N3/c1-3-21-47-41(15-1)42-16-2-5-23-49(42)57-55(47)48-22-4-6-24-50(48)56(58-57)37-31-29-36(30-32-37)38-33-39(59-51-25-11-7-17-43(51)44-18-8-12-26-52(44)59)35-40(34-38)60-53-27-13-9-19-45(53)46-20-10-14-28-54(46)60/h1-35H. The molecule has 60 heavy (non-hydrogen) atoms. The lowest BCUT2D eigenvalue weighted by Gasteiger charge is -2.17. The minimum Gasteiger partial charge on any atom is -0.309 e. The highest BCUT2D eigenvalue weighted by Gasteiger charge is 2.19. The summed E-state index contributed by atoms with van der Waals surface area (Å²) in [4.78, 5) is 5.56. The van der Waals surface area contributed by atoms with Crippen LogP contribution < -0.4 is 0 Å². The quantitative estimate of drug-likeness (QED) is 0.164. The highest BCUT2D eigenvalue weighted by atomic mass is 15.0. The predicted octanol–water partition coefficient (Wildman–Crippen LogP) is 15.2. The summed E-state index contributed by atoms with van der Waals surface area (Å²) in [6, 6.07) is 77.4. The van der Waals surface area contributed by atoms with Crippen LogP contribution >= 0.6 is 0 Å². The lowest BCUT2D eigenvalue weighted by atomic mass is 9.92. The second-order valence-electron chi connectivity index (χ2n) is 15.9. The SMILES string of the molecule is c1ccc2c(c1)c(-c1ccc(-c3cc(-n4c5ccccc5c5ccccc54)cc(-n4c5ccccc5c5ccccc54)c3)cc1)nc1c3ccccc3c3ccccc3c21. The molecule has 3 heteroatoms. The second-order valence-corrected chi connectivity index (χ2v) is 15.9. The van der Waals surface area contributed by atoms with E-state index >= 15 is 0 Å². The molecule has 10 aromatic carbocycles. The Morgan fingerprint density at radius 1 is 0.267 bits per heavy atom. The Morgan fingerprint density at radius 2 is 0.617 bits per heavy atom. The molecule has 0 radical (unpaired) electrons. The maximum Gasteiger partial charge on any atom is 0.0800 e. The van der Waals surface area contributed by atoms with Crippen LogP contribution in [-0.2, 0) is 0 Å². The van der Waals surface area contributed by atoms with Gasteiger partial charge in [0.05, 0.1) is 33.3 Å². The molecule has 0 saturated heterocycles. The molecule has 3 nitrogen and oxygen atoms in total. The molecular formula is C57H35N3. The van der Waals surface area contributed by atoms with Gasteiger partial charge in [-0.15, -0.1) is 0 Å². The highest BCUT2D eigenvalue weighted by Crippen LogP contribution is 2.42. The highest BCUT2D eigenvalue weighted by molar-refractivity contribution is 6.31. The van der Waals surface area contributed by atoms with Crippen LogP contribution in [0.3, 0.4) is 0 Å². The van der Waals surface area contributed by atoms with Crippen LogP contribution in [-0.4, -0.2) is 14.1 Å². The van der Waals surface area contributed by atoms with E-state index in [1.807, 2.05) is 0 Å². The van der Waals surface area contributed by atoms with Crippen molar-refractivity contribution in [2.45, 2.75) is 0 Å². The van der Waals surface area contributed by atoms with Crippen LogP contribution in [0.25, 0.3) is 121 Å². The maximum atomic E-state index is 5.56. The average molecular weight is 762 g/mol. The van der Waals surface area contributed by atoms with Crippen molar-refractivity contribution < 1.29 is 0 Å². The largest absolute Gasteiger partial charge is 0.309 e. The smallest absolute Gasteiger partial charge is 0.0800 e. The van der Waals surface area contributed by atoms with Gasteiger partial charge < -0.3 is 9.13 Å². The lowest BCUT2D eigenvalue weighted by molar-refractivity contribution is 1.13. The first kappa shape index (κ1) is 33.0. The van der Waals surface area contributed by atoms with Crippen molar-refractivity contribution >= 4 is 86.8 Å². The molecule has 0 spiro atoms. The van der Waals surface area contributed by atoms with Gasteiger partial charge in [0.1, 0.15) is 0 Å². The molecule has 13 aromatic rings. The summed E-state index contributed by atoms with van der Waals surface area (Å²) in [6.45, 7) is 0. The van der Waals surface area contributed by atoms with Crippen LogP contribution in [0.5, 0.6) is 0 Å². The molecule has 0 saturated carbocycles. The molecule has 0 atom stereocenters. The number of para-hydroxylation sites is 4. The minimum atomic E-state index is 0.995. The predicted molar refractivity (Wildman–Crippen MR) is 254 cm³/mol. The first-order chi connectivity index (χ1) is 29.8. The van der Waals surface area contributed by atoms with Crippen molar-refractivity contribution in [3.05, 3.63) is 212 Å². The zero-order valence-corrected chi connectivity index (χ0v) is 32.5. The topological polar surface area (TPSA) is 22.8 Å². The Labute approximate surface area is 345 Å². The summed E-state index contributed by atoms with van der Waals surface area (Å²) < 4.78 is 4.86. The van der Waals surface area contributed by atoms with Gasteiger partial charge in [-0.3, -0.25) is 0 Å². The lowest BCUT2D eigenvalue weighted by Crippen LogP contribution is -2.00. The molecule has 0 N–H and O–H groups in total. The molecule has 0 aliphatic carbocycles. The van der Waals surface area contributed by atoms with E-state index in [0.717, 1.165) is 44.7 Å². The fourth-order valence-corrected chi connectivity index (χ4v) is 10.1. The number of rotatable bonds is 4. The van der Waals surface area contributed by atoms with E-state index in [4.69, 9.17) is 4.98 Å². The fourth-order valence-electron chi connectivity index (χ4n) is 10.1. The van der Waals surface area contributed by atoms with Crippen molar-refractivity contribution in [2.75, 3.05) is 0 Å². The molecule has 3 aromatic heterocycles. The summed E-state index contributed by atoms with van der Waals surface area (Å²) in [5.74, 6) is 0. The fraction of sp³-hybridized carbons (Fsp3) is 0. The third-order valence-corrected chi connectivity index (χ3v) is 12.7. The zero-order valence-electron chi connectivity index (χ0n) is 32.5. The van der Waals surface area contributed by atoms with Crippen LogP contribution in [0.4, 0.5) is 0 Å². The van der Waals surface area contributed by atoms with E-state index in [9.17, 15) is 0 Å². The van der Waals surface area contributed by atoms with Crippen LogP contribution in [0.2, 0.25) is 0 Å². The van der Waals surface area contributed by atoms with Crippen molar-refractivity contribution in [3.63, 3.8) is 0 Å². The number of hydrogen-bond donors (Lipinski definition) is 0. The molecular weight excluding hydrogens is 727 g/mol. The first-order valence-corrected chi connectivity index (χ1v) is 20.6. The van der Waals surface area contributed by atoms with Crippen molar-refractivity contribution in [1.82, 2.24) is 14.1 Å². The van der Waals surface area contributed by atoms with Gasteiger partial charge in [-0.25, -0.2) is 4.98 Å². The number of nitrogens with zero attached hydrogens (tertiary/aromatic N) is 3. The molecule has 0 unspecified atom stereocenters. The molecule has 3 heterocycles. The van der Waals surface area contributed by atoms with Gasteiger partial charge in [0, 0.05) is 54.6 Å². The molecule has 13 rings (SSSR count). The number of benzene rings is 10. The first-order valence-electron chi connectivity index (χ1n) is 20.6. The van der Waals surface area contributed by atoms with Crippen LogP contribution in [0.1, 0.15) is 0 Å². The maximum absolute atomic E-state index is 5.56. The van der Waals surface area contributed by atoms with Crippen LogP contribution in [0.15, 0.2) is 212 Å². The zero-order chi connectivity index (χ0) is 39.3. The molecule has 0 amide bonds. The molecule has 278 valence electrons. The van der Waals surface area contributed by atoms with E-state index in [2.05, 4.69) is 221 Å². The number of hydrogen-bond acceptors (Lipinski definition) is 1. The van der Waals surface area contributed by atoms with Crippen molar-refractivity contribution in [3.8, 4) is 33.8 Å². The Morgan fingerprint density at radius 3 is 1.10 bits per heavy atom. The van der Waals surface area contributed by atoms with E-state index in [-0.39, 0.29) is 0 Å². The van der Waals surface area contributed by atoms with E-state index < -0.39 is 0 Å². The number of fused-ring (bicyclic) bond motifs is 14. The number of pyridine rings is 1. The average Bonchev–Trinajstić information content (AvgIpc) is 3.84. The summed E-state index contributed by atoms with van der Waals surface area (Å²) >= 11 is 0. The number of aromatic nitrogens is 3. The summed E-state index contributed by atoms with van der Waals surface area (Å²) in [7, 11) is 0. The second kappa shape index (κ2) is 12.7. The molecule has 0 bridgehead atoms. The van der Waals surface area contributed by atoms with E-state index in [1.54, 1.807) is 0 Å². The van der Waals surface area contributed by atoms with Crippen molar-refractivity contribution in [2.24, 2.45) is 0 Å². The van der Waals surface area contributed by atoms with Gasteiger partial charge in [-0.2, -0.15) is 0 Å². The molecule has 0 fully saturated rings. The van der Waals surface area contributed by atoms with Gasteiger partial charge in [0.2, 0.25) is 0 Å². The van der Waals surface area contributed by atoms with Gasteiger partial charge in [0.15, 0.2) is 0 Å². The minimum absolute atomic E-state index is 0.995. The summed E-state index contributed by atoms with van der Waals surface area (Å²) in [5.41, 5.74) is 12.4. The Balaban J connectivity index is 1.05. The van der Waals surface area contributed by atoms with Gasteiger partial charge in [-0.05, 0) is 75.1 Å². The van der Waals surface area contributed by atoms with Crippen molar-refractivity contribution in [1.29, 1.82) is 0 Å².